The van der Waals surface area contributed by atoms with Crippen LogP contribution in [0.25, 0.3) is 10.9 Å². The highest BCUT2D eigenvalue weighted by atomic mass is 79.9. The van der Waals surface area contributed by atoms with Crippen molar-refractivity contribution >= 4 is 38.4 Å². The van der Waals surface area contributed by atoms with Crippen LogP contribution in [0, 0.1) is 5.92 Å². The Morgan fingerprint density at radius 2 is 2.06 bits per heavy atom. The molecule has 0 radical (unpaired) electrons. The fourth-order valence-electron chi connectivity index (χ4n) is 1.72. The molecule has 2 aromatic rings. The third kappa shape index (κ3) is 2.70. The summed E-state index contributed by atoms with van der Waals surface area (Å²) in [7, 11) is 0. The molecule has 0 unspecified atom stereocenters. The van der Waals surface area contributed by atoms with Gasteiger partial charge in [-0.15, -0.1) is 0 Å². The molecule has 1 atom stereocenters. The first-order valence-electron chi connectivity index (χ1n) is 5.88. The van der Waals surface area contributed by atoms with Crippen molar-refractivity contribution in [2.24, 2.45) is 5.92 Å². The van der Waals surface area contributed by atoms with Crippen LogP contribution in [0.1, 0.15) is 13.8 Å². The Bertz CT molecular complexity index is 563. The Kier molecular flexibility index (Phi) is 3.97. The third-order valence-corrected chi connectivity index (χ3v) is 4.21. The van der Waals surface area contributed by atoms with Gasteiger partial charge in [-0.05, 0) is 30.2 Å². The van der Waals surface area contributed by atoms with E-state index in [0.29, 0.717) is 0 Å². The molecule has 3 nitrogen and oxygen atoms in total. The van der Waals surface area contributed by atoms with Crippen molar-refractivity contribution < 1.29 is 4.79 Å². The second-order valence-electron chi connectivity index (χ2n) is 4.51. The van der Waals surface area contributed by atoms with Crippen molar-refractivity contribution in [1.82, 2.24) is 4.98 Å². The number of hydrogen-bond donors (Lipinski definition) is 1. The van der Waals surface area contributed by atoms with Crippen LogP contribution in [0.2, 0.25) is 0 Å². The van der Waals surface area contributed by atoms with Crippen LogP contribution in [-0.4, -0.2) is 15.7 Å². The first kappa shape index (κ1) is 13.0. The van der Waals surface area contributed by atoms with Gasteiger partial charge in [-0.1, -0.05) is 35.8 Å². The number of fused-ring (bicyclic) bond motifs is 1. The zero-order valence-corrected chi connectivity index (χ0v) is 11.9. The van der Waals surface area contributed by atoms with Crippen LogP contribution in [0.15, 0.2) is 36.5 Å². The lowest BCUT2D eigenvalue weighted by atomic mass is 10.1. The van der Waals surface area contributed by atoms with Crippen molar-refractivity contribution in [2.45, 2.75) is 18.7 Å². The minimum absolute atomic E-state index is 0.0265. The highest BCUT2D eigenvalue weighted by Crippen LogP contribution is 2.23. The summed E-state index contributed by atoms with van der Waals surface area (Å²) in [6.07, 6.45) is 1.75. The molecule has 0 bridgehead atoms. The van der Waals surface area contributed by atoms with E-state index in [1.54, 1.807) is 6.20 Å². The highest BCUT2D eigenvalue weighted by molar-refractivity contribution is 9.10. The smallest absolute Gasteiger partial charge is 0.238 e. The Labute approximate surface area is 115 Å². The zero-order chi connectivity index (χ0) is 13.1. The van der Waals surface area contributed by atoms with E-state index < -0.39 is 0 Å². The molecule has 18 heavy (non-hydrogen) atoms. The Balaban J connectivity index is 2.30. The largest absolute Gasteiger partial charge is 0.324 e. The molecule has 1 amide bonds. The number of alkyl halides is 1. The molecule has 0 aliphatic carbocycles. The third-order valence-electron chi connectivity index (χ3n) is 2.74. The summed E-state index contributed by atoms with van der Waals surface area (Å²) in [5, 5.41) is 3.90. The van der Waals surface area contributed by atoms with Crippen molar-refractivity contribution in [1.29, 1.82) is 0 Å². The number of rotatable bonds is 3. The van der Waals surface area contributed by atoms with Gasteiger partial charge in [-0.3, -0.25) is 9.78 Å². The van der Waals surface area contributed by atoms with E-state index in [-0.39, 0.29) is 16.7 Å². The monoisotopic (exact) mass is 306 g/mol. The summed E-state index contributed by atoms with van der Waals surface area (Å²) in [6.45, 7) is 4.01. The molecule has 0 aliphatic rings. The van der Waals surface area contributed by atoms with Gasteiger partial charge in [0.1, 0.15) is 0 Å². The van der Waals surface area contributed by atoms with E-state index in [2.05, 4.69) is 26.2 Å². The standard InChI is InChI=1S/C14H15BrN2O/c1-9(2)13(15)14(18)17-12-7-3-6-11-10(12)5-4-8-16-11/h3-9,13H,1-2H3,(H,17,18)/t13-/m0/s1. The highest BCUT2D eigenvalue weighted by Gasteiger charge is 2.19. The predicted octanol–water partition coefficient (Wildman–Crippen LogP) is 3.59. The first-order valence-corrected chi connectivity index (χ1v) is 6.80. The number of halogens is 1. The molecule has 0 aliphatic heterocycles. The van der Waals surface area contributed by atoms with Gasteiger partial charge in [0, 0.05) is 11.6 Å². The van der Waals surface area contributed by atoms with Gasteiger partial charge in [0.2, 0.25) is 5.91 Å². The second kappa shape index (κ2) is 5.48. The quantitative estimate of drug-likeness (QED) is 0.881. The summed E-state index contributed by atoms with van der Waals surface area (Å²) < 4.78 is 0. The predicted molar refractivity (Wildman–Crippen MR) is 77.9 cm³/mol. The number of carbonyl (C=O) groups is 1. The van der Waals surface area contributed by atoms with Crippen LogP contribution < -0.4 is 5.32 Å². The van der Waals surface area contributed by atoms with Crippen molar-refractivity contribution in [3.63, 3.8) is 0 Å². The lowest BCUT2D eigenvalue weighted by Gasteiger charge is -2.14. The Hall–Kier alpha value is -1.42. The molecule has 0 spiro atoms. The Morgan fingerprint density at radius 1 is 1.28 bits per heavy atom. The molecule has 0 saturated carbocycles. The molecular formula is C14H15BrN2O. The maximum Gasteiger partial charge on any atom is 0.238 e. The maximum atomic E-state index is 12.0. The van der Waals surface area contributed by atoms with Gasteiger partial charge < -0.3 is 5.32 Å². The fourth-order valence-corrected chi connectivity index (χ4v) is 1.83. The van der Waals surface area contributed by atoms with Crippen molar-refractivity contribution in [3.8, 4) is 0 Å². The number of anilines is 1. The molecule has 0 saturated heterocycles. The number of carbonyl (C=O) groups excluding carboxylic acids is 1. The molecule has 94 valence electrons. The van der Waals surface area contributed by atoms with Crippen molar-refractivity contribution in [3.05, 3.63) is 36.5 Å². The average molecular weight is 307 g/mol. The van der Waals surface area contributed by atoms with Gasteiger partial charge in [0.15, 0.2) is 0 Å². The molecule has 0 fully saturated rings. The topological polar surface area (TPSA) is 42.0 Å². The van der Waals surface area contributed by atoms with Gasteiger partial charge in [-0.2, -0.15) is 0 Å². The average Bonchev–Trinajstić information content (AvgIpc) is 2.38. The normalized spacial score (nSPS) is 12.7. The number of hydrogen-bond acceptors (Lipinski definition) is 2. The molecule has 2 rings (SSSR count). The number of aromatic nitrogens is 1. The maximum absolute atomic E-state index is 12.0. The lowest BCUT2D eigenvalue weighted by molar-refractivity contribution is -0.116. The van der Waals surface area contributed by atoms with Crippen LogP contribution >= 0.6 is 15.9 Å². The molecular weight excluding hydrogens is 292 g/mol. The van der Waals surface area contributed by atoms with E-state index in [0.717, 1.165) is 16.6 Å². The minimum Gasteiger partial charge on any atom is -0.324 e. The SMILES string of the molecule is CC(C)[C@H](Br)C(=O)Nc1cccc2ncccc12. The van der Waals surface area contributed by atoms with E-state index >= 15 is 0 Å². The number of benzene rings is 1. The summed E-state index contributed by atoms with van der Waals surface area (Å²) >= 11 is 3.40. The van der Waals surface area contributed by atoms with Gasteiger partial charge in [0.25, 0.3) is 0 Å². The molecule has 1 heterocycles. The van der Waals surface area contributed by atoms with Crippen molar-refractivity contribution in [2.75, 3.05) is 5.32 Å². The molecule has 4 heteroatoms. The minimum atomic E-state index is -0.190. The van der Waals surface area contributed by atoms with E-state index in [1.165, 1.54) is 0 Å². The number of pyridine rings is 1. The molecule has 1 aromatic carbocycles. The summed E-state index contributed by atoms with van der Waals surface area (Å²) in [5.74, 6) is 0.222. The lowest BCUT2D eigenvalue weighted by Crippen LogP contribution is -2.27. The summed E-state index contributed by atoms with van der Waals surface area (Å²) in [5.41, 5.74) is 1.68. The van der Waals surface area contributed by atoms with Gasteiger partial charge >= 0.3 is 0 Å². The number of nitrogens with zero attached hydrogens (tertiary/aromatic N) is 1. The van der Waals surface area contributed by atoms with E-state index in [1.807, 2.05) is 44.2 Å². The summed E-state index contributed by atoms with van der Waals surface area (Å²) in [6, 6.07) is 9.53. The van der Waals surface area contributed by atoms with Crippen LogP contribution in [0.4, 0.5) is 5.69 Å². The number of nitrogens with one attached hydrogen (secondary N) is 1. The van der Waals surface area contributed by atoms with Crippen LogP contribution in [0.5, 0.6) is 0 Å². The van der Waals surface area contributed by atoms with E-state index in [9.17, 15) is 4.79 Å². The second-order valence-corrected chi connectivity index (χ2v) is 5.50. The van der Waals surface area contributed by atoms with Crippen LogP contribution in [0.3, 0.4) is 0 Å². The van der Waals surface area contributed by atoms with Crippen LogP contribution in [-0.2, 0) is 4.79 Å². The van der Waals surface area contributed by atoms with Gasteiger partial charge in [0.05, 0.1) is 16.0 Å². The van der Waals surface area contributed by atoms with E-state index in [4.69, 9.17) is 0 Å². The Morgan fingerprint density at radius 3 is 2.78 bits per heavy atom. The zero-order valence-electron chi connectivity index (χ0n) is 10.4. The molecule has 1 aromatic heterocycles. The molecule has 1 N–H and O–H groups in total. The first-order chi connectivity index (χ1) is 8.59. The number of amides is 1. The van der Waals surface area contributed by atoms with Gasteiger partial charge in [-0.25, -0.2) is 0 Å². The fraction of sp³-hybridized carbons (Fsp3) is 0.286. The summed E-state index contributed by atoms with van der Waals surface area (Å²) in [4.78, 5) is 16.1.